The Hall–Kier alpha value is -1.44. The Balaban J connectivity index is 4.61. The van der Waals surface area contributed by atoms with Gasteiger partial charge in [-0.15, -0.1) is 0 Å². The molecule has 0 aromatic heterocycles. The minimum Gasteiger partial charge on any atom is -0.480 e. The maximum atomic E-state index is 12.2. The summed E-state index contributed by atoms with van der Waals surface area (Å²) in [4.78, 5) is 23.1. The first-order valence-electron chi connectivity index (χ1n) is 5.46. The summed E-state index contributed by atoms with van der Waals surface area (Å²) >= 11 is 0. The van der Waals surface area contributed by atoms with E-state index in [-0.39, 0.29) is 12.5 Å². The van der Waals surface area contributed by atoms with Gasteiger partial charge in [0.2, 0.25) is 0 Å². The second-order valence-electron chi connectivity index (χ2n) is 4.07. The van der Waals surface area contributed by atoms with Crippen LogP contribution in [0.25, 0.3) is 0 Å². The Morgan fingerprint density at radius 3 is 2.22 bits per heavy atom. The molecule has 0 bridgehead atoms. The first kappa shape index (κ1) is 16.6. The molecule has 0 fully saturated rings. The van der Waals surface area contributed by atoms with Crippen LogP contribution in [0.15, 0.2) is 0 Å². The highest BCUT2D eigenvalue weighted by Gasteiger charge is 2.26. The van der Waals surface area contributed by atoms with E-state index in [4.69, 9.17) is 10.2 Å². The molecule has 0 aliphatic carbocycles. The Kier molecular flexibility index (Phi) is 7.18. The summed E-state index contributed by atoms with van der Waals surface area (Å²) in [5.74, 6) is -1.62. The van der Waals surface area contributed by atoms with Gasteiger partial charge in [-0.2, -0.15) is 0 Å². The van der Waals surface area contributed by atoms with Crippen molar-refractivity contribution in [2.45, 2.75) is 26.3 Å². The number of rotatable bonds is 7. The van der Waals surface area contributed by atoms with Gasteiger partial charge in [0, 0.05) is 6.54 Å². The van der Waals surface area contributed by atoms with Crippen LogP contribution in [0.4, 0.5) is 13.6 Å². The van der Waals surface area contributed by atoms with Crippen LogP contribution in [0, 0.1) is 5.92 Å². The number of carboxylic acid groups (broad SMARTS) is 1. The van der Waals surface area contributed by atoms with Gasteiger partial charge in [0.25, 0.3) is 6.43 Å². The summed E-state index contributed by atoms with van der Waals surface area (Å²) in [5.41, 5.74) is 0. The molecule has 0 saturated carbocycles. The molecule has 0 unspecified atom stereocenters. The zero-order chi connectivity index (χ0) is 14.3. The summed E-state index contributed by atoms with van der Waals surface area (Å²) in [5, 5.41) is 19.7. The molecule has 0 heterocycles. The number of nitrogens with one attached hydrogen (secondary N) is 1. The van der Waals surface area contributed by atoms with Crippen molar-refractivity contribution in [1.82, 2.24) is 10.2 Å². The van der Waals surface area contributed by atoms with Crippen molar-refractivity contribution in [3.05, 3.63) is 0 Å². The molecule has 3 N–H and O–H groups in total. The molecule has 106 valence electrons. The number of halogens is 2. The summed E-state index contributed by atoms with van der Waals surface area (Å²) < 4.78 is 24.4. The zero-order valence-electron chi connectivity index (χ0n) is 10.3. The van der Waals surface area contributed by atoms with Crippen LogP contribution in [-0.2, 0) is 4.79 Å². The number of hydrogen-bond donors (Lipinski definition) is 3. The first-order chi connectivity index (χ1) is 8.29. The monoisotopic (exact) mass is 268 g/mol. The summed E-state index contributed by atoms with van der Waals surface area (Å²) in [7, 11) is 0. The Morgan fingerprint density at radius 2 is 1.89 bits per heavy atom. The van der Waals surface area contributed by atoms with Gasteiger partial charge in [0.05, 0.1) is 13.2 Å². The molecule has 0 aromatic carbocycles. The molecule has 8 heteroatoms. The third-order valence-electron chi connectivity index (χ3n) is 2.23. The number of aliphatic carboxylic acids is 1. The van der Waals surface area contributed by atoms with Crippen LogP contribution >= 0.6 is 0 Å². The van der Waals surface area contributed by atoms with Crippen molar-refractivity contribution in [3.8, 4) is 0 Å². The number of carboxylic acids is 1. The third-order valence-corrected chi connectivity index (χ3v) is 2.23. The van der Waals surface area contributed by atoms with Gasteiger partial charge in [-0.1, -0.05) is 13.8 Å². The van der Waals surface area contributed by atoms with E-state index >= 15 is 0 Å². The van der Waals surface area contributed by atoms with Crippen molar-refractivity contribution in [1.29, 1.82) is 0 Å². The first-order valence-corrected chi connectivity index (χ1v) is 5.46. The second-order valence-corrected chi connectivity index (χ2v) is 4.07. The molecule has 6 nitrogen and oxygen atoms in total. The third kappa shape index (κ3) is 5.76. The van der Waals surface area contributed by atoms with E-state index < -0.39 is 37.6 Å². The van der Waals surface area contributed by atoms with Gasteiger partial charge >= 0.3 is 12.0 Å². The quantitative estimate of drug-likeness (QED) is 0.622. The predicted octanol–water partition coefficient (Wildman–Crippen LogP) is 0.365. The Labute approximate surface area is 104 Å². The van der Waals surface area contributed by atoms with E-state index in [0.717, 1.165) is 0 Å². The zero-order valence-corrected chi connectivity index (χ0v) is 10.3. The van der Waals surface area contributed by atoms with E-state index in [2.05, 4.69) is 5.32 Å². The molecule has 0 saturated heterocycles. The van der Waals surface area contributed by atoms with E-state index in [0.29, 0.717) is 4.90 Å². The standard InChI is InChI=1S/C10H18F2N2O4/c1-6(2)8(9(16)17)13-10(18)14(3-4-15)5-7(11)12/h6-8,15H,3-5H2,1-2H3,(H,13,18)(H,16,17)/t8-/m0/s1. The number of aliphatic hydroxyl groups is 1. The molecular formula is C10H18F2N2O4. The molecule has 0 aliphatic heterocycles. The van der Waals surface area contributed by atoms with Gasteiger partial charge < -0.3 is 20.4 Å². The molecule has 0 radical (unpaired) electrons. The molecule has 0 aromatic rings. The lowest BCUT2D eigenvalue weighted by Crippen LogP contribution is -2.51. The van der Waals surface area contributed by atoms with Crippen molar-refractivity contribution in [2.24, 2.45) is 5.92 Å². The number of carbonyl (C=O) groups is 2. The number of alkyl halides is 2. The highest BCUT2D eigenvalue weighted by Crippen LogP contribution is 2.04. The fourth-order valence-electron chi connectivity index (χ4n) is 1.30. The van der Waals surface area contributed by atoms with Crippen molar-refractivity contribution in [2.75, 3.05) is 19.7 Å². The minimum atomic E-state index is -2.75. The van der Waals surface area contributed by atoms with Crippen LogP contribution in [0.3, 0.4) is 0 Å². The van der Waals surface area contributed by atoms with Crippen molar-refractivity contribution >= 4 is 12.0 Å². The van der Waals surface area contributed by atoms with Crippen LogP contribution in [0.2, 0.25) is 0 Å². The number of urea groups is 1. The van der Waals surface area contributed by atoms with Crippen LogP contribution < -0.4 is 5.32 Å². The van der Waals surface area contributed by atoms with Gasteiger partial charge in [-0.3, -0.25) is 0 Å². The molecule has 0 spiro atoms. The van der Waals surface area contributed by atoms with E-state index in [1.807, 2.05) is 0 Å². The van der Waals surface area contributed by atoms with Crippen LogP contribution in [-0.4, -0.2) is 59.3 Å². The van der Waals surface area contributed by atoms with Gasteiger partial charge in [0.1, 0.15) is 6.04 Å². The average Bonchev–Trinajstić information content (AvgIpc) is 2.23. The second kappa shape index (κ2) is 7.80. The average molecular weight is 268 g/mol. The summed E-state index contributed by atoms with van der Waals surface area (Å²) in [6.07, 6.45) is -2.75. The number of amides is 2. The van der Waals surface area contributed by atoms with E-state index in [9.17, 15) is 18.4 Å². The summed E-state index contributed by atoms with van der Waals surface area (Å²) in [6, 6.07) is -2.08. The van der Waals surface area contributed by atoms with Crippen molar-refractivity contribution < 1.29 is 28.6 Å². The van der Waals surface area contributed by atoms with Crippen molar-refractivity contribution in [3.63, 3.8) is 0 Å². The predicted molar refractivity (Wildman–Crippen MR) is 59.5 cm³/mol. The molecular weight excluding hydrogens is 250 g/mol. The SMILES string of the molecule is CC(C)[C@H](NC(=O)N(CCO)CC(F)F)C(=O)O. The minimum absolute atomic E-state index is 0.277. The fourth-order valence-corrected chi connectivity index (χ4v) is 1.30. The lowest BCUT2D eigenvalue weighted by molar-refractivity contribution is -0.140. The highest BCUT2D eigenvalue weighted by atomic mass is 19.3. The normalized spacial score (nSPS) is 12.6. The number of aliphatic hydroxyl groups excluding tert-OH is 1. The van der Waals surface area contributed by atoms with Crippen LogP contribution in [0.5, 0.6) is 0 Å². The Morgan fingerprint density at radius 1 is 1.33 bits per heavy atom. The molecule has 0 rings (SSSR count). The number of hydrogen-bond acceptors (Lipinski definition) is 3. The van der Waals surface area contributed by atoms with E-state index in [1.165, 1.54) is 0 Å². The smallest absolute Gasteiger partial charge is 0.326 e. The van der Waals surface area contributed by atoms with Gasteiger partial charge in [0.15, 0.2) is 0 Å². The van der Waals surface area contributed by atoms with E-state index in [1.54, 1.807) is 13.8 Å². The summed E-state index contributed by atoms with van der Waals surface area (Å²) in [6.45, 7) is 1.57. The number of carbonyl (C=O) groups excluding carboxylic acids is 1. The number of nitrogens with zero attached hydrogens (tertiary/aromatic N) is 1. The molecule has 1 atom stereocenters. The van der Waals surface area contributed by atoms with Crippen LogP contribution in [0.1, 0.15) is 13.8 Å². The topological polar surface area (TPSA) is 89.9 Å². The maximum Gasteiger partial charge on any atom is 0.326 e. The Bertz CT molecular complexity index is 287. The lowest BCUT2D eigenvalue weighted by atomic mass is 10.1. The van der Waals surface area contributed by atoms with Gasteiger partial charge in [-0.05, 0) is 5.92 Å². The largest absolute Gasteiger partial charge is 0.480 e. The lowest BCUT2D eigenvalue weighted by Gasteiger charge is -2.25. The highest BCUT2D eigenvalue weighted by molar-refractivity contribution is 5.82. The fraction of sp³-hybridized carbons (Fsp3) is 0.800. The molecule has 2 amide bonds. The molecule has 0 aliphatic rings. The molecule has 18 heavy (non-hydrogen) atoms. The maximum absolute atomic E-state index is 12.2. The van der Waals surface area contributed by atoms with Gasteiger partial charge in [-0.25, -0.2) is 18.4 Å².